The molecule has 3 nitrogen and oxygen atoms in total. The van der Waals surface area contributed by atoms with Crippen molar-refractivity contribution in [3.63, 3.8) is 0 Å². The Kier molecular flexibility index (Phi) is 5.43. The predicted octanol–water partition coefficient (Wildman–Crippen LogP) is 2.55. The zero-order chi connectivity index (χ0) is 13.0. The Labute approximate surface area is 112 Å². The summed E-state index contributed by atoms with van der Waals surface area (Å²) < 4.78 is 1.07. The van der Waals surface area contributed by atoms with Gasteiger partial charge in [0, 0.05) is 29.3 Å². The van der Waals surface area contributed by atoms with Gasteiger partial charge in [-0.05, 0) is 44.7 Å². The summed E-state index contributed by atoms with van der Waals surface area (Å²) in [6.45, 7) is 4.29. The van der Waals surface area contributed by atoms with Crippen LogP contribution in [0.5, 0.6) is 0 Å². The van der Waals surface area contributed by atoms with Crippen molar-refractivity contribution in [3.05, 3.63) is 28.2 Å². The molecular weight excluding hydrogens is 280 g/mol. The van der Waals surface area contributed by atoms with Crippen molar-refractivity contribution >= 4 is 21.6 Å². The minimum absolute atomic E-state index is 0.110. The highest BCUT2D eigenvalue weighted by molar-refractivity contribution is 9.10. The molecule has 1 aromatic rings. The summed E-state index contributed by atoms with van der Waals surface area (Å²) >= 11 is 3.50. The first-order valence-electron chi connectivity index (χ1n) is 5.81. The van der Waals surface area contributed by atoms with Crippen molar-refractivity contribution in [1.29, 1.82) is 0 Å². The molecule has 0 saturated carbocycles. The second kappa shape index (κ2) is 6.38. The number of likely N-dealkylation sites (N-methyl/N-ethyl adjacent to an activating group) is 1. The third-order valence-electron chi connectivity index (χ3n) is 3.19. The second-order valence-corrected chi connectivity index (χ2v) is 5.27. The molecule has 2 N–H and O–H groups in total. The van der Waals surface area contributed by atoms with Gasteiger partial charge >= 0.3 is 0 Å². The van der Waals surface area contributed by atoms with Crippen LogP contribution in [0.3, 0.4) is 0 Å². The lowest BCUT2D eigenvalue weighted by molar-refractivity contribution is 0.270. The molecule has 1 aromatic carbocycles. The van der Waals surface area contributed by atoms with Crippen LogP contribution in [0.4, 0.5) is 5.69 Å². The quantitative estimate of drug-likeness (QED) is 0.877. The number of benzene rings is 1. The van der Waals surface area contributed by atoms with Crippen LogP contribution in [-0.2, 0) is 0 Å². The highest BCUT2D eigenvalue weighted by atomic mass is 79.9. The van der Waals surface area contributed by atoms with Crippen molar-refractivity contribution in [2.45, 2.75) is 25.9 Å². The molecule has 0 aliphatic carbocycles. The second-order valence-electron chi connectivity index (χ2n) is 4.36. The van der Waals surface area contributed by atoms with Gasteiger partial charge in [0.2, 0.25) is 0 Å². The summed E-state index contributed by atoms with van der Waals surface area (Å²) in [6, 6.07) is 6.62. The highest BCUT2D eigenvalue weighted by Crippen LogP contribution is 2.29. The molecule has 0 fully saturated rings. The highest BCUT2D eigenvalue weighted by Gasteiger charge is 2.16. The first kappa shape index (κ1) is 14.5. The lowest BCUT2D eigenvalue weighted by Gasteiger charge is -2.29. The normalized spacial score (nSPS) is 14.5. The number of halogens is 1. The van der Waals surface area contributed by atoms with E-state index in [0.717, 1.165) is 10.2 Å². The topological polar surface area (TPSA) is 35.5 Å². The van der Waals surface area contributed by atoms with Crippen LogP contribution in [-0.4, -0.2) is 31.9 Å². The smallest absolute Gasteiger partial charge is 0.0632 e. The summed E-state index contributed by atoms with van der Waals surface area (Å²) in [5, 5.41) is 12.5. The largest absolute Gasteiger partial charge is 0.394 e. The summed E-state index contributed by atoms with van der Waals surface area (Å²) in [5.41, 5.74) is 2.38. The Morgan fingerprint density at radius 3 is 2.59 bits per heavy atom. The first-order valence-corrected chi connectivity index (χ1v) is 6.61. The number of nitrogens with one attached hydrogen (secondary N) is 1. The van der Waals surface area contributed by atoms with E-state index in [1.165, 1.54) is 5.56 Å². The van der Waals surface area contributed by atoms with Crippen LogP contribution in [0, 0.1) is 0 Å². The van der Waals surface area contributed by atoms with E-state index in [1.807, 2.05) is 27.1 Å². The molecule has 2 atom stereocenters. The van der Waals surface area contributed by atoms with Crippen LogP contribution in [0.1, 0.15) is 25.5 Å². The van der Waals surface area contributed by atoms with Crippen molar-refractivity contribution in [3.8, 4) is 0 Å². The molecule has 0 spiro atoms. The maximum absolute atomic E-state index is 9.24. The van der Waals surface area contributed by atoms with Gasteiger partial charge in [-0.15, -0.1) is 0 Å². The van der Waals surface area contributed by atoms with E-state index in [2.05, 4.69) is 45.2 Å². The van der Waals surface area contributed by atoms with Crippen molar-refractivity contribution in [1.82, 2.24) is 5.32 Å². The fraction of sp³-hybridized carbons (Fsp3) is 0.538. The third kappa shape index (κ3) is 3.44. The van der Waals surface area contributed by atoms with Gasteiger partial charge in [0.1, 0.15) is 0 Å². The summed E-state index contributed by atoms with van der Waals surface area (Å²) in [4.78, 5) is 2.11. The number of hydrogen-bond donors (Lipinski definition) is 2. The van der Waals surface area contributed by atoms with Crippen molar-refractivity contribution < 1.29 is 5.11 Å². The van der Waals surface area contributed by atoms with Crippen LogP contribution < -0.4 is 10.2 Å². The van der Waals surface area contributed by atoms with Crippen molar-refractivity contribution in [2.75, 3.05) is 25.6 Å². The Hall–Kier alpha value is -0.580. The van der Waals surface area contributed by atoms with Crippen LogP contribution >= 0.6 is 15.9 Å². The third-order valence-corrected chi connectivity index (χ3v) is 3.69. The zero-order valence-electron chi connectivity index (χ0n) is 10.9. The monoisotopic (exact) mass is 300 g/mol. The molecule has 0 saturated heterocycles. The molecule has 0 heterocycles. The van der Waals surface area contributed by atoms with Gasteiger partial charge in [-0.25, -0.2) is 0 Å². The fourth-order valence-corrected chi connectivity index (χ4v) is 2.09. The number of aliphatic hydroxyl groups excluding tert-OH is 1. The molecule has 2 unspecified atom stereocenters. The van der Waals surface area contributed by atoms with Gasteiger partial charge in [-0.1, -0.05) is 15.9 Å². The maximum Gasteiger partial charge on any atom is 0.0632 e. The van der Waals surface area contributed by atoms with E-state index in [0.29, 0.717) is 0 Å². The summed E-state index contributed by atoms with van der Waals surface area (Å²) in [5.74, 6) is 0. The Morgan fingerprint density at radius 2 is 2.06 bits per heavy atom. The molecule has 0 radical (unpaired) electrons. The summed E-state index contributed by atoms with van der Waals surface area (Å²) in [6.07, 6.45) is 0. The molecule has 0 bridgehead atoms. The average Bonchev–Trinajstić information content (AvgIpc) is 2.35. The molecule has 0 aliphatic rings. The van der Waals surface area contributed by atoms with E-state index < -0.39 is 0 Å². The zero-order valence-corrected chi connectivity index (χ0v) is 12.5. The molecule has 0 amide bonds. The van der Waals surface area contributed by atoms with Crippen LogP contribution in [0.15, 0.2) is 22.7 Å². The van der Waals surface area contributed by atoms with Crippen LogP contribution in [0.2, 0.25) is 0 Å². The van der Waals surface area contributed by atoms with Gasteiger partial charge < -0.3 is 15.3 Å². The SMILES string of the molecule is CNC(C)c1cc(Br)ccc1N(C)C(C)CO. The Balaban J connectivity index is 3.13. The van der Waals surface area contributed by atoms with E-state index in [-0.39, 0.29) is 18.7 Å². The molecule has 0 aliphatic heterocycles. The maximum atomic E-state index is 9.24. The fourth-order valence-electron chi connectivity index (χ4n) is 1.71. The molecule has 96 valence electrons. The Morgan fingerprint density at radius 1 is 1.41 bits per heavy atom. The summed E-state index contributed by atoms with van der Waals surface area (Å²) in [7, 11) is 3.96. The number of aliphatic hydroxyl groups is 1. The van der Waals surface area contributed by atoms with E-state index in [4.69, 9.17) is 0 Å². The number of hydrogen-bond acceptors (Lipinski definition) is 3. The lowest BCUT2D eigenvalue weighted by Crippen LogP contribution is -2.33. The van der Waals surface area contributed by atoms with Gasteiger partial charge in [0.25, 0.3) is 0 Å². The van der Waals surface area contributed by atoms with Crippen molar-refractivity contribution in [2.24, 2.45) is 0 Å². The minimum atomic E-state index is 0.110. The lowest BCUT2D eigenvalue weighted by atomic mass is 10.0. The van der Waals surface area contributed by atoms with E-state index in [9.17, 15) is 5.11 Å². The molecule has 17 heavy (non-hydrogen) atoms. The predicted molar refractivity (Wildman–Crippen MR) is 76.6 cm³/mol. The Bertz CT molecular complexity index is 370. The van der Waals surface area contributed by atoms with E-state index >= 15 is 0 Å². The number of anilines is 1. The van der Waals surface area contributed by atoms with Gasteiger partial charge in [-0.3, -0.25) is 0 Å². The first-order chi connectivity index (χ1) is 8.01. The number of rotatable bonds is 5. The number of nitrogens with zero attached hydrogens (tertiary/aromatic N) is 1. The van der Waals surface area contributed by atoms with Gasteiger partial charge in [0.05, 0.1) is 6.61 Å². The molecular formula is C13H21BrN2O. The van der Waals surface area contributed by atoms with E-state index in [1.54, 1.807) is 0 Å². The standard InChI is InChI=1S/C13H21BrN2O/c1-9(8-17)16(4)13-6-5-11(14)7-12(13)10(2)15-3/h5-7,9-10,15,17H,8H2,1-4H3. The molecule has 1 rings (SSSR count). The molecule has 4 heteroatoms. The minimum Gasteiger partial charge on any atom is -0.394 e. The van der Waals surface area contributed by atoms with Crippen LogP contribution in [0.25, 0.3) is 0 Å². The molecule has 0 aromatic heterocycles. The van der Waals surface area contributed by atoms with Gasteiger partial charge in [-0.2, -0.15) is 0 Å². The van der Waals surface area contributed by atoms with Gasteiger partial charge in [0.15, 0.2) is 0 Å². The average molecular weight is 301 g/mol.